The quantitative estimate of drug-likeness (QED) is 0.584. The fraction of sp³-hybridized carbons (Fsp3) is 0.158. The van der Waals surface area contributed by atoms with Gasteiger partial charge in [-0.3, -0.25) is 4.90 Å². The van der Waals surface area contributed by atoms with E-state index < -0.39 is 0 Å². The molecule has 0 saturated carbocycles. The highest BCUT2D eigenvalue weighted by Gasteiger charge is 2.06. The number of aromatic amines is 1. The maximum Gasteiger partial charge on any atom is 0.159 e. The van der Waals surface area contributed by atoms with E-state index in [4.69, 9.17) is 11.6 Å². The standard InChI is InChI=1S/C19H17ClN6/c1-26(11-13-2-7-17-18(8-13)24-25-23-17)12-14-9-21-19(22-10-14)15-3-5-16(20)6-4-15/h2-10H,11-12H2,1H3,(H,23,24,25). The molecule has 2 aromatic carbocycles. The Morgan fingerprint density at radius 1 is 0.885 bits per heavy atom. The number of hydrogen-bond acceptors (Lipinski definition) is 5. The molecule has 6 nitrogen and oxygen atoms in total. The lowest BCUT2D eigenvalue weighted by Gasteiger charge is -2.16. The second-order valence-corrected chi connectivity index (χ2v) is 6.68. The number of hydrogen-bond donors (Lipinski definition) is 1. The molecule has 4 rings (SSSR count). The number of nitrogens with one attached hydrogen (secondary N) is 1. The van der Waals surface area contributed by atoms with Gasteiger partial charge in [0, 0.05) is 41.6 Å². The molecule has 26 heavy (non-hydrogen) atoms. The summed E-state index contributed by atoms with van der Waals surface area (Å²) in [5.41, 5.74) is 4.96. The maximum atomic E-state index is 5.92. The Bertz CT molecular complexity index is 1010. The molecule has 4 aromatic rings. The predicted molar refractivity (Wildman–Crippen MR) is 102 cm³/mol. The van der Waals surface area contributed by atoms with Crippen LogP contribution in [0.3, 0.4) is 0 Å². The Hall–Kier alpha value is -2.83. The summed E-state index contributed by atoms with van der Waals surface area (Å²) in [6, 6.07) is 13.6. The molecular weight excluding hydrogens is 348 g/mol. The Morgan fingerprint density at radius 2 is 1.58 bits per heavy atom. The fourth-order valence-electron chi connectivity index (χ4n) is 2.85. The van der Waals surface area contributed by atoms with Gasteiger partial charge >= 0.3 is 0 Å². The van der Waals surface area contributed by atoms with Crippen LogP contribution in [0.25, 0.3) is 22.4 Å². The summed E-state index contributed by atoms with van der Waals surface area (Å²) in [7, 11) is 2.07. The summed E-state index contributed by atoms with van der Waals surface area (Å²) >= 11 is 5.92. The zero-order chi connectivity index (χ0) is 17.9. The molecule has 0 atom stereocenters. The van der Waals surface area contributed by atoms with Crippen LogP contribution in [0.4, 0.5) is 0 Å². The summed E-state index contributed by atoms with van der Waals surface area (Å²) < 4.78 is 0. The summed E-state index contributed by atoms with van der Waals surface area (Å²) in [5.74, 6) is 0.699. The van der Waals surface area contributed by atoms with E-state index in [9.17, 15) is 0 Å². The van der Waals surface area contributed by atoms with Crippen LogP contribution in [0.2, 0.25) is 5.02 Å². The van der Waals surface area contributed by atoms with Gasteiger partial charge in [0.05, 0.1) is 0 Å². The summed E-state index contributed by atoms with van der Waals surface area (Å²) in [6.45, 7) is 1.57. The van der Waals surface area contributed by atoms with Crippen molar-refractivity contribution in [3.8, 4) is 11.4 Å². The number of fused-ring (bicyclic) bond motifs is 1. The fourth-order valence-corrected chi connectivity index (χ4v) is 2.97. The van der Waals surface area contributed by atoms with E-state index in [1.165, 1.54) is 5.56 Å². The lowest BCUT2D eigenvalue weighted by Crippen LogP contribution is -2.17. The smallest absolute Gasteiger partial charge is 0.159 e. The summed E-state index contributed by atoms with van der Waals surface area (Å²) in [6.07, 6.45) is 3.74. The normalized spacial score (nSPS) is 11.3. The SMILES string of the molecule is CN(Cc1cnc(-c2ccc(Cl)cc2)nc1)Cc1ccc2n[nH]nc2c1. The van der Waals surface area contributed by atoms with Gasteiger partial charge in [-0.2, -0.15) is 15.4 Å². The van der Waals surface area contributed by atoms with Crippen LogP contribution in [-0.2, 0) is 13.1 Å². The molecule has 0 aliphatic carbocycles. The first-order valence-electron chi connectivity index (χ1n) is 8.22. The lowest BCUT2D eigenvalue weighted by atomic mass is 10.2. The second-order valence-electron chi connectivity index (χ2n) is 6.24. The van der Waals surface area contributed by atoms with Gasteiger partial charge in [0.1, 0.15) is 11.0 Å². The van der Waals surface area contributed by atoms with Crippen molar-refractivity contribution < 1.29 is 0 Å². The number of H-pyrrole nitrogens is 1. The first-order chi connectivity index (χ1) is 12.7. The van der Waals surface area contributed by atoms with Crippen molar-refractivity contribution in [2.24, 2.45) is 0 Å². The Labute approximate surface area is 155 Å². The molecule has 0 radical (unpaired) electrons. The van der Waals surface area contributed by atoms with Gasteiger partial charge in [-0.1, -0.05) is 17.7 Å². The van der Waals surface area contributed by atoms with E-state index in [1.807, 2.05) is 42.7 Å². The minimum Gasteiger partial charge on any atom is -0.298 e. The molecule has 130 valence electrons. The molecule has 0 spiro atoms. The molecule has 0 saturated heterocycles. The van der Waals surface area contributed by atoms with Crippen LogP contribution in [-0.4, -0.2) is 37.3 Å². The average Bonchev–Trinajstić information content (AvgIpc) is 3.11. The predicted octanol–water partition coefficient (Wildman–Crippen LogP) is 3.70. The third-order valence-corrected chi connectivity index (χ3v) is 4.35. The first kappa shape index (κ1) is 16.6. The highest BCUT2D eigenvalue weighted by atomic mass is 35.5. The molecule has 0 amide bonds. The summed E-state index contributed by atoms with van der Waals surface area (Å²) in [5, 5.41) is 11.5. The van der Waals surface area contributed by atoms with Gasteiger partial charge in [-0.05, 0) is 49.0 Å². The van der Waals surface area contributed by atoms with Gasteiger partial charge < -0.3 is 0 Å². The van der Waals surface area contributed by atoms with Crippen molar-refractivity contribution >= 4 is 22.6 Å². The van der Waals surface area contributed by atoms with Crippen LogP contribution in [0, 0.1) is 0 Å². The van der Waals surface area contributed by atoms with Crippen molar-refractivity contribution in [3.05, 3.63) is 71.0 Å². The average molecular weight is 365 g/mol. The minimum atomic E-state index is 0.699. The highest BCUT2D eigenvalue weighted by Crippen LogP contribution is 2.18. The van der Waals surface area contributed by atoms with Crippen molar-refractivity contribution in [3.63, 3.8) is 0 Å². The molecule has 0 fully saturated rings. The van der Waals surface area contributed by atoms with E-state index in [0.717, 1.165) is 35.2 Å². The van der Waals surface area contributed by atoms with Crippen LogP contribution in [0.15, 0.2) is 54.9 Å². The summed E-state index contributed by atoms with van der Waals surface area (Å²) in [4.78, 5) is 11.1. The number of aromatic nitrogens is 5. The molecule has 7 heteroatoms. The zero-order valence-corrected chi connectivity index (χ0v) is 15.0. The number of rotatable bonds is 5. The molecule has 2 heterocycles. The van der Waals surface area contributed by atoms with Crippen LogP contribution < -0.4 is 0 Å². The molecule has 2 aromatic heterocycles. The van der Waals surface area contributed by atoms with Gasteiger partial charge in [0.15, 0.2) is 5.82 Å². The molecule has 0 aliphatic heterocycles. The van der Waals surface area contributed by atoms with Crippen molar-refractivity contribution in [2.45, 2.75) is 13.1 Å². The van der Waals surface area contributed by atoms with Crippen molar-refractivity contribution in [1.82, 2.24) is 30.3 Å². The third kappa shape index (κ3) is 3.71. The molecule has 1 N–H and O–H groups in total. The largest absolute Gasteiger partial charge is 0.298 e. The van der Waals surface area contributed by atoms with Crippen LogP contribution >= 0.6 is 11.6 Å². The van der Waals surface area contributed by atoms with Gasteiger partial charge in [0.2, 0.25) is 0 Å². The second kappa shape index (κ2) is 7.19. The van der Waals surface area contributed by atoms with E-state index >= 15 is 0 Å². The third-order valence-electron chi connectivity index (χ3n) is 4.09. The molecule has 0 unspecified atom stereocenters. The van der Waals surface area contributed by atoms with E-state index in [0.29, 0.717) is 10.8 Å². The topological polar surface area (TPSA) is 70.6 Å². The Balaban J connectivity index is 1.42. The number of benzene rings is 2. The zero-order valence-electron chi connectivity index (χ0n) is 14.2. The van der Waals surface area contributed by atoms with E-state index in [-0.39, 0.29) is 0 Å². The van der Waals surface area contributed by atoms with Crippen LogP contribution in [0.5, 0.6) is 0 Å². The Morgan fingerprint density at radius 3 is 2.35 bits per heavy atom. The van der Waals surface area contributed by atoms with E-state index in [2.05, 4.69) is 49.5 Å². The highest BCUT2D eigenvalue weighted by molar-refractivity contribution is 6.30. The van der Waals surface area contributed by atoms with Crippen molar-refractivity contribution in [1.29, 1.82) is 0 Å². The van der Waals surface area contributed by atoms with Gasteiger partial charge in [-0.15, -0.1) is 0 Å². The molecule has 0 aliphatic rings. The first-order valence-corrected chi connectivity index (χ1v) is 8.60. The molecular formula is C19H17ClN6. The van der Waals surface area contributed by atoms with Gasteiger partial charge in [-0.25, -0.2) is 9.97 Å². The number of halogens is 1. The Kier molecular flexibility index (Phi) is 4.60. The van der Waals surface area contributed by atoms with Crippen LogP contribution in [0.1, 0.15) is 11.1 Å². The van der Waals surface area contributed by atoms with Gasteiger partial charge in [0.25, 0.3) is 0 Å². The van der Waals surface area contributed by atoms with E-state index in [1.54, 1.807) is 0 Å². The maximum absolute atomic E-state index is 5.92. The number of nitrogens with zero attached hydrogens (tertiary/aromatic N) is 5. The molecule has 0 bridgehead atoms. The lowest BCUT2D eigenvalue weighted by molar-refractivity contribution is 0.318. The minimum absolute atomic E-state index is 0.699. The monoisotopic (exact) mass is 364 g/mol. The van der Waals surface area contributed by atoms with Crippen molar-refractivity contribution in [2.75, 3.05) is 7.05 Å².